The second-order valence-corrected chi connectivity index (χ2v) is 3.97. The first-order chi connectivity index (χ1) is 9.19. The third-order valence-electron chi connectivity index (χ3n) is 2.55. The molecule has 0 spiro atoms. The SMILES string of the molecule is COC(=O)Cn1ccc(N[C@@H](C)c2cnccn2)n1. The molecule has 0 saturated carbocycles. The molecule has 2 heterocycles. The van der Waals surface area contributed by atoms with Crippen molar-refractivity contribution >= 4 is 11.8 Å². The number of hydrogen-bond acceptors (Lipinski definition) is 6. The van der Waals surface area contributed by atoms with Crippen molar-refractivity contribution in [3.63, 3.8) is 0 Å². The smallest absolute Gasteiger partial charge is 0.327 e. The van der Waals surface area contributed by atoms with Gasteiger partial charge < -0.3 is 10.1 Å². The number of carbonyl (C=O) groups excluding carboxylic acids is 1. The van der Waals surface area contributed by atoms with Crippen LogP contribution in [0.1, 0.15) is 18.7 Å². The summed E-state index contributed by atoms with van der Waals surface area (Å²) in [5.74, 6) is 0.332. The molecule has 7 nitrogen and oxygen atoms in total. The number of hydrogen-bond donors (Lipinski definition) is 1. The predicted molar refractivity (Wildman–Crippen MR) is 68.3 cm³/mol. The topological polar surface area (TPSA) is 81.9 Å². The summed E-state index contributed by atoms with van der Waals surface area (Å²) in [5, 5.41) is 7.40. The maximum Gasteiger partial charge on any atom is 0.327 e. The van der Waals surface area contributed by atoms with Crippen LogP contribution in [0.4, 0.5) is 5.82 Å². The van der Waals surface area contributed by atoms with Gasteiger partial charge in [-0.2, -0.15) is 5.10 Å². The van der Waals surface area contributed by atoms with Gasteiger partial charge in [0, 0.05) is 24.7 Å². The summed E-state index contributed by atoms with van der Waals surface area (Å²) < 4.78 is 6.09. The lowest BCUT2D eigenvalue weighted by Crippen LogP contribution is -2.13. The number of aromatic nitrogens is 4. The number of esters is 1. The zero-order chi connectivity index (χ0) is 13.7. The predicted octanol–water partition coefficient (Wildman–Crippen LogP) is 1.02. The van der Waals surface area contributed by atoms with Crippen molar-refractivity contribution in [1.82, 2.24) is 19.7 Å². The lowest BCUT2D eigenvalue weighted by molar-refractivity contribution is -0.141. The third kappa shape index (κ3) is 3.51. The minimum Gasteiger partial charge on any atom is -0.468 e. The number of nitrogens with one attached hydrogen (secondary N) is 1. The van der Waals surface area contributed by atoms with Crippen molar-refractivity contribution in [2.24, 2.45) is 0 Å². The van der Waals surface area contributed by atoms with Crippen LogP contribution < -0.4 is 5.32 Å². The molecule has 1 N–H and O–H groups in total. The van der Waals surface area contributed by atoms with Crippen LogP contribution in [0, 0.1) is 0 Å². The number of rotatable bonds is 5. The van der Waals surface area contributed by atoms with Gasteiger partial charge in [0.1, 0.15) is 12.4 Å². The normalized spacial score (nSPS) is 11.9. The Kier molecular flexibility index (Phi) is 4.07. The Morgan fingerprint density at radius 1 is 1.53 bits per heavy atom. The minimum absolute atomic E-state index is 0.0184. The van der Waals surface area contributed by atoms with Gasteiger partial charge in [0.2, 0.25) is 0 Å². The molecule has 0 saturated heterocycles. The van der Waals surface area contributed by atoms with Crippen molar-refractivity contribution in [1.29, 1.82) is 0 Å². The van der Waals surface area contributed by atoms with E-state index < -0.39 is 0 Å². The average molecular weight is 261 g/mol. The first kappa shape index (κ1) is 13.0. The van der Waals surface area contributed by atoms with Gasteiger partial charge in [-0.3, -0.25) is 19.4 Å². The fourth-order valence-corrected chi connectivity index (χ4v) is 1.55. The number of methoxy groups -OCH3 is 1. The number of ether oxygens (including phenoxy) is 1. The van der Waals surface area contributed by atoms with Crippen molar-refractivity contribution in [2.45, 2.75) is 19.5 Å². The Bertz CT molecular complexity index is 540. The molecule has 100 valence electrons. The van der Waals surface area contributed by atoms with Gasteiger partial charge in [-0.25, -0.2) is 0 Å². The molecule has 0 bridgehead atoms. The van der Waals surface area contributed by atoms with Crippen LogP contribution >= 0.6 is 0 Å². The first-order valence-corrected chi connectivity index (χ1v) is 5.82. The van der Waals surface area contributed by atoms with E-state index in [1.54, 1.807) is 30.9 Å². The van der Waals surface area contributed by atoms with Gasteiger partial charge in [0.15, 0.2) is 0 Å². The largest absolute Gasteiger partial charge is 0.468 e. The lowest BCUT2D eigenvalue weighted by Gasteiger charge is -2.11. The first-order valence-electron chi connectivity index (χ1n) is 5.82. The highest BCUT2D eigenvalue weighted by atomic mass is 16.5. The van der Waals surface area contributed by atoms with E-state index in [1.165, 1.54) is 11.8 Å². The molecule has 0 amide bonds. The molecule has 2 rings (SSSR count). The standard InChI is InChI=1S/C12H15N5O2/c1-9(10-7-13-4-5-14-10)15-11-3-6-17(16-11)8-12(18)19-2/h3-7,9H,8H2,1-2H3,(H,15,16)/t9-/m0/s1. The molecule has 0 unspecified atom stereocenters. The van der Waals surface area contributed by atoms with Gasteiger partial charge >= 0.3 is 5.97 Å². The number of carbonyl (C=O) groups is 1. The third-order valence-corrected chi connectivity index (χ3v) is 2.55. The lowest BCUT2D eigenvalue weighted by atomic mass is 10.2. The van der Waals surface area contributed by atoms with Crippen LogP contribution in [0.3, 0.4) is 0 Å². The molecule has 0 aliphatic rings. The van der Waals surface area contributed by atoms with E-state index in [-0.39, 0.29) is 18.6 Å². The van der Waals surface area contributed by atoms with Crippen LogP contribution in [0.2, 0.25) is 0 Å². The summed E-state index contributed by atoms with van der Waals surface area (Å²) in [4.78, 5) is 19.3. The molecule has 7 heteroatoms. The molecular formula is C12H15N5O2. The van der Waals surface area contributed by atoms with Gasteiger partial charge in [-0.1, -0.05) is 0 Å². The maximum atomic E-state index is 11.1. The van der Waals surface area contributed by atoms with E-state index >= 15 is 0 Å². The highest BCUT2D eigenvalue weighted by Gasteiger charge is 2.09. The zero-order valence-corrected chi connectivity index (χ0v) is 10.8. The highest BCUT2D eigenvalue weighted by molar-refractivity contribution is 5.68. The van der Waals surface area contributed by atoms with E-state index in [1.807, 2.05) is 6.92 Å². The molecule has 0 fully saturated rings. The monoisotopic (exact) mass is 261 g/mol. The van der Waals surface area contributed by atoms with Crippen LogP contribution in [0.25, 0.3) is 0 Å². The van der Waals surface area contributed by atoms with Gasteiger partial charge in [0.05, 0.1) is 25.0 Å². The van der Waals surface area contributed by atoms with E-state index in [0.717, 1.165) is 5.69 Å². The van der Waals surface area contributed by atoms with Gasteiger partial charge in [-0.15, -0.1) is 0 Å². The van der Waals surface area contributed by atoms with Crippen molar-refractivity contribution in [3.05, 3.63) is 36.5 Å². The van der Waals surface area contributed by atoms with Gasteiger partial charge in [-0.05, 0) is 6.92 Å². The molecule has 19 heavy (non-hydrogen) atoms. The molecule has 2 aromatic heterocycles. The highest BCUT2D eigenvalue weighted by Crippen LogP contribution is 2.14. The van der Waals surface area contributed by atoms with Crippen molar-refractivity contribution in [3.8, 4) is 0 Å². The second-order valence-electron chi connectivity index (χ2n) is 3.97. The summed E-state index contributed by atoms with van der Waals surface area (Å²) >= 11 is 0. The Morgan fingerprint density at radius 3 is 3.05 bits per heavy atom. The number of nitrogens with zero attached hydrogens (tertiary/aromatic N) is 4. The average Bonchev–Trinajstić information content (AvgIpc) is 2.86. The maximum absolute atomic E-state index is 11.1. The quantitative estimate of drug-likeness (QED) is 0.809. The van der Waals surface area contributed by atoms with E-state index in [2.05, 4.69) is 25.1 Å². The second kappa shape index (κ2) is 5.94. The molecule has 0 aromatic carbocycles. The summed E-state index contributed by atoms with van der Waals surface area (Å²) in [6.07, 6.45) is 6.68. The van der Waals surface area contributed by atoms with E-state index in [9.17, 15) is 4.79 Å². The van der Waals surface area contributed by atoms with Crippen LogP contribution in [0.5, 0.6) is 0 Å². The fourth-order valence-electron chi connectivity index (χ4n) is 1.55. The van der Waals surface area contributed by atoms with E-state index in [4.69, 9.17) is 0 Å². The zero-order valence-electron chi connectivity index (χ0n) is 10.8. The van der Waals surface area contributed by atoms with Crippen LogP contribution in [-0.2, 0) is 16.1 Å². The molecule has 0 radical (unpaired) electrons. The minimum atomic E-state index is -0.336. The van der Waals surface area contributed by atoms with Crippen LogP contribution in [0.15, 0.2) is 30.9 Å². The number of anilines is 1. The summed E-state index contributed by atoms with van der Waals surface area (Å²) in [6.45, 7) is 2.06. The summed E-state index contributed by atoms with van der Waals surface area (Å²) in [7, 11) is 1.35. The Morgan fingerprint density at radius 2 is 2.37 bits per heavy atom. The molecule has 0 aliphatic carbocycles. The molecule has 0 aliphatic heterocycles. The van der Waals surface area contributed by atoms with Crippen molar-refractivity contribution < 1.29 is 9.53 Å². The van der Waals surface area contributed by atoms with Crippen molar-refractivity contribution in [2.75, 3.05) is 12.4 Å². The Labute approximate surface area is 110 Å². The Hall–Kier alpha value is -2.44. The Balaban J connectivity index is 1.98. The summed E-state index contributed by atoms with van der Waals surface area (Å²) in [6, 6.07) is 1.77. The molecule has 2 aromatic rings. The summed E-state index contributed by atoms with van der Waals surface area (Å²) in [5.41, 5.74) is 0.824. The van der Waals surface area contributed by atoms with Crippen LogP contribution in [-0.4, -0.2) is 32.8 Å². The van der Waals surface area contributed by atoms with E-state index in [0.29, 0.717) is 5.82 Å². The fraction of sp³-hybridized carbons (Fsp3) is 0.333. The molecular weight excluding hydrogens is 246 g/mol. The molecule has 1 atom stereocenters. The van der Waals surface area contributed by atoms with Gasteiger partial charge in [0.25, 0.3) is 0 Å².